The fraction of sp³-hybridized carbons (Fsp3) is 0.226. The second-order valence-corrected chi connectivity index (χ2v) is 11.1. The quantitative estimate of drug-likeness (QED) is 0.196. The number of rotatable bonds is 7. The molecule has 2 amide bonds. The van der Waals surface area contributed by atoms with Gasteiger partial charge in [0.25, 0.3) is 11.8 Å². The number of phenols is 1. The van der Waals surface area contributed by atoms with Gasteiger partial charge in [0.05, 0.1) is 17.7 Å². The SMILES string of the molecule is COC(=O)/C(=C/c1ccc2c(c1)nnn2C(=O)OC(C)(C)C)NC(=O)c1c(C)cc(C(=O)NCc2cccc(O)c2)cc1Cl. The van der Waals surface area contributed by atoms with E-state index in [0.717, 1.165) is 4.68 Å². The number of carbonyl (C=O) groups excluding carboxylic acids is 4. The highest BCUT2D eigenvalue weighted by molar-refractivity contribution is 6.34. The number of hydrogen-bond acceptors (Lipinski definition) is 9. The van der Waals surface area contributed by atoms with Crippen molar-refractivity contribution >= 4 is 52.6 Å². The molecular formula is C31H30ClN5O7. The Hall–Kier alpha value is -5.23. The van der Waals surface area contributed by atoms with E-state index in [1.165, 1.54) is 37.5 Å². The summed E-state index contributed by atoms with van der Waals surface area (Å²) in [5.74, 6) is -1.88. The van der Waals surface area contributed by atoms with E-state index in [1.807, 2.05) is 0 Å². The molecule has 1 heterocycles. The number of amides is 2. The summed E-state index contributed by atoms with van der Waals surface area (Å²) in [6.07, 6.45) is 0.681. The molecule has 0 atom stereocenters. The molecule has 13 heteroatoms. The van der Waals surface area contributed by atoms with E-state index in [0.29, 0.717) is 27.7 Å². The molecule has 0 fully saturated rings. The summed E-state index contributed by atoms with van der Waals surface area (Å²) in [7, 11) is 1.17. The molecule has 0 saturated heterocycles. The van der Waals surface area contributed by atoms with Gasteiger partial charge in [-0.3, -0.25) is 9.59 Å². The van der Waals surface area contributed by atoms with Crippen molar-refractivity contribution in [1.29, 1.82) is 0 Å². The third kappa shape index (κ3) is 7.58. The lowest BCUT2D eigenvalue weighted by molar-refractivity contribution is -0.136. The van der Waals surface area contributed by atoms with Gasteiger partial charge in [0.1, 0.15) is 28.1 Å². The fourth-order valence-electron chi connectivity index (χ4n) is 4.19. The van der Waals surface area contributed by atoms with E-state index in [4.69, 9.17) is 21.1 Å². The number of phenolic OH excluding ortho intramolecular Hbond substituents is 1. The summed E-state index contributed by atoms with van der Waals surface area (Å²) in [4.78, 5) is 51.1. The molecule has 0 bridgehead atoms. The Balaban J connectivity index is 1.54. The first kappa shape index (κ1) is 31.7. The first-order chi connectivity index (χ1) is 20.8. The number of ether oxygens (including phenoxy) is 2. The Morgan fingerprint density at radius 2 is 1.80 bits per heavy atom. The smallest absolute Gasteiger partial charge is 0.437 e. The van der Waals surface area contributed by atoms with E-state index in [9.17, 15) is 24.3 Å². The predicted molar refractivity (Wildman–Crippen MR) is 162 cm³/mol. The minimum Gasteiger partial charge on any atom is -0.508 e. The predicted octanol–water partition coefficient (Wildman–Crippen LogP) is 4.76. The molecule has 3 aromatic carbocycles. The van der Waals surface area contributed by atoms with Crippen molar-refractivity contribution in [3.05, 3.63) is 93.1 Å². The summed E-state index contributed by atoms with van der Waals surface area (Å²) in [5.41, 5.74) is 1.63. The van der Waals surface area contributed by atoms with Gasteiger partial charge in [-0.15, -0.1) is 9.78 Å². The highest BCUT2D eigenvalue weighted by Gasteiger charge is 2.23. The Morgan fingerprint density at radius 3 is 2.45 bits per heavy atom. The average Bonchev–Trinajstić information content (AvgIpc) is 3.37. The molecule has 0 saturated carbocycles. The van der Waals surface area contributed by atoms with Gasteiger partial charge in [0.15, 0.2) is 0 Å². The molecule has 0 aliphatic heterocycles. The number of aromatic nitrogens is 3. The van der Waals surface area contributed by atoms with Crippen molar-refractivity contribution in [2.24, 2.45) is 0 Å². The van der Waals surface area contributed by atoms with Crippen LogP contribution in [0.15, 0.2) is 60.3 Å². The lowest BCUT2D eigenvalue weighted by Crippen LogP contribution is -2.29. The van der Waals surface area contributed by atoms with Crippen LogP contribution in [0, 0.1) is 6.92 Å². The van der Waals surface area contributed by atoms with Crippen LogP contribution in [0.3, 0.4) is 0 Å². The maximum atomic E-state index is 13.3. The second-order valence-electron chi connectivity index (χ2n) is 10.7. The number of nitrogens with one attached hydrogen (secondary N) is 2. The summed E-state index contributed by atoms with van der Waals surface area (Å²) < 4.78 is 11.2. The molecule has 4 rings (SSSR count). The Kier molecular flexibility index (Phi) is 9.34. The summed E-state index contributed by atoms with van der Waals surface area (Å²) in [5, 5.41) is 22.8. The number of aromatic hydroxyl groups is 1. The zero-order valence-electron chi connectivity index (χ0n) is 24.6. The van der Waals surface area contributed by atoms with Gasteiger partial charge in [-0.25, -0.2) is 9.59 Å². The van der Waals surface area contributed by atoms with Gasteiger partial charge >= 0.3 is 12.1 Å². The maximum absolute atomic E-state index is 13.3. The standard InChI is InChI=1S/C31H30ClN5O7/c1-17-11-20(27(39)33-16-19-7-6-8-21(38)12-19)15-22(32)26(17)28(40)34-24(29(41)43-5)14-18-9-10-25-23(13-18)35-36-37(25)30(42)44-31(2,3)4/h6-15,38H,16H2,1-5H3,(H,33,39)(H,34,40)/b24-14-. The van der Waals surface area contributed by atoms with E-state index in [1.54, 1.807) is 58.0 Å². The molecule has 1 aromatic heterocycles. The molecule has 0 spiro atoms. The second kappa shape index (κ2) is 13.0. The monoisotopic (exact) mass is 619 g/mol. The first-order valence-corrected chi connectivity index (χ1v) is 13.7. The Bertz CT molecular complexity index is 1780. The van der Waals surface area contributed by atoms with Crippen molar-refractivity contribution in [3.63, 3.8) is 0 Å². The number of carbonyl (C=O) groups is 4. The van der Waals surface area contributed by atoms with Crippen LogP contribution >= 0.6 is 11.6 Å². The Morgan fingerprint density at radius 1 is 1.05 bits per heavy atom. The zero-order valence-corrected chi connectivity index (χ0v) is 25.4. The third-order valence-electron chi connectivity index (χ3n) is 6.14. The molecule has 4 aromatic rings. The normalized spacial score (nSPS) is 11.6. The number of nitrogens with zero attached hydrogens (tertiary/aromatic N) is 3. The van der Waals surface area contributed by atoms with Gasteiger partial charge < -0.3 is 25.2 Å². The fourth-order valence-corrected chi connectivity index (χ4v) is 4.54. The van der Waals surface area contributed by atoms with Crippen LogP contribution in [0.1, 0.15) is 58.2 Å². The van der Waals surface area contributed by atoms with E-state index < -0.39 is 29.5 Å². The van der Waals surface area contributed by atoms with Crippen molar-refractivity contribution in [2.45, 2.75) is 39.8 Å². The lowest BCUT2D eigenvalue weighted by atomic mass is 10.0. The minimum absolute atomic E-state index is 0.00519. The first-order valence-electron chi connectivity index (χ1n) is 13.3. The summed E-state index contributed by atoms with van der Waals surface area (Å²) in [6, 6.07) is 14.1. The van der Waals surface area contributed by atoms with Crippen LogP contribution in [0.25, 0.3) is 17.1 Å². The summed E-state index contributed by atoms with van der Waals surface area (Å²) in [6.45, 7) is 6.97. The van der Waals surface area contributed by atoms with Gasteiger partial charge in [-0.05, 0) is 86.9 Å². The molecule has 12 nitrogen and oxygen atoms in total. The van der Waals surface area contributed by atoms with Crippen molar-refractivity contribution in [2.75, 3.05) is 7.11 Å². The molecule has 44 heavy (non-hydrogen) atoms. The molecule has 228 valence electrons. The zero-order chi connectivity index (χ0) is 32.2. The van der Waals surface area contributed by atoms with E-state index in [2.05, 4.69) is 20.9 Å². The number of benzene rings is 3. The lowest BCUT2D eigenvalue weighted by Gasteiger charge is -2.18. The highest BCUT2D eigenvalue weighted by atomic mass is 35.5. The molecular weight excluding hydrogens is 590 g/mol. The van der Waals surface area contributed by atoms with Crippen molar-refractivity contribution in [3.8, 4) is 5.75 Å². The van der Waals surface area contributed by atoms with Gasteiger partial charge in [-0.2, -0.15) is 0 Å². The number of esters is 1. The van der Waals surface area contributed by atoms with Crippen LogP contribution in [-0.2, 0) is 20.8 Å². The number of aryl methyl sites for hydroxylation is 1. The van der Waals surface area contributed by atoms with Crippen molar-refractivity contribution in [1.82, 2.24) is 25.6 Å². The van der Waals surface area contributed by atoms with Crippen LogP contribution in [0.4, 0.5) is 4.79 Å². The topological polar surface area (TPSA) is 162 Å². The molecule has 0 radical (unpaired) electrons. The van der Waals surface area contributed by atoms with E-state index in [-0.39, 0.29) is 34.1 Å². The average molecular weight is 620 g/mol. The Labute approximate surface area is 257 Å². The summed E-state index contributed by atoms with van der Waals surface area (Å²) >= 11 is 6.44. The van der Waals surface area contributed by atoms with Gasteiger partial charge in [0.2, 0.25) is 0 Å². The van der Waals surface area contributed by atoms with Crippen LogP contribution in [0.5, 0.6) is 5.75 Å². The molecule has 0 unspecified atom stereocenters. The third-order valence-corrected chi connectivity index (χ3v) is 6.44. The van der Waals surface area contributed by atoms with Crippen LogP contribution in [-0.4, -0.2) is 56.7 Å². The maximum Gasteiger partial charge on any atom is 0.437 e. The largest absolute Gasteiger partial charge is 0.508 e. The van der Waals surface area contributed by atoms with Gasteiger partial charge in [0, 0.05) is 12.1 Å². The van der Waals surface area contributed by atoms with E-state index >= 15 is 0 Å². The highest BCUT2D eigenvalue weighted by Crippen LogP contribution is 2.24. The molecule has 0 aliphatic carbocycles. The van der Waals surface area contributed by atoms with Crippen LogP contribution < -0.4 is 10.6 Å². The minimum atomic E-state index is -0.826. The van der Waals surface area contributed by atoms with Gasteiger partial charge in [-0.1, -0.05) is 35.0 Å². The number of fused-ring (bicyclic) bond motifs is 1. The molecule has 0 aliphatic rings. The van der Waals surface area contributed by atoms with Crippen molar-refractivity contribution < 1.29 is 33.8 Å². The number of methoxy groups -OCH3 is 1. The van der Waals surface area contributed by atoms with Crippen LogP contribution in [0.2, 0.25) is 5.02 Å². The number of hydrogen-bond donors (Lipinski definition) is 3. The molecule has 3 N–H and O–H groups in total. The number of halogens is 1.